The first kappa shape index (κ1) is 21.1. The number of hydrogen-bond acceptors (Lipinski definition) is 7. The number of phenolic OH excluding ortho intramolecular Hbond substituents is 1. The highest BCUT2D eigenvalue weighted by Crippen LogP contribution is 2.35. The van der Waals surface area contributed by atoms with Crippen LogP contribution in [0, 0.1) is 0 Å². The van der Waals surface area contributed by atoms with Crippen molar-refractivity contribution in [1.29, 1.82) is 0 Å². The Labute approximate surface area is 168 Å². The highest BCUT2D eigenvalue weighted by atomic mass is 35.5. The number of aromatic hydroxyl groups is 1. The van der Waals surface area contributed by atoms with Crippen molar-refractivity contribution in [2.24, 2.45) is 0 Å². The molecule has 1 aliphatic heterocycles. The molecule has 0 amide bonds. The Bertz CT molecular complexity index is 784. The Kier molecular flexibility index (Phi) is 7.53. The van der Waals surface area contributed by atoms with Crippen LogP contribution >= 0.6 is 23.2 Å². The molecule has 3 rings (SSSR count). The number of anilines is 3. The van der Waals surface area contributed by atoms with Crippen LogP contribution < -0.4 is 25.8 Å². The van der Waals surface area contributed by atoms with Crippen molar-refractivity contribution in [2.45, 2.75) is 0 Å². The monoisotopic (exact) mass is 415 g/mol. The maximum absolute atomic E-state index is 9.09. The maximum Gasteiger partial charge on any atom is 0.142 e. The Hall–Kier alpha value is -2.22. The van der Waals surface area contributed by atoms with Crippen LogP contribution in [0.15, 0.2) is 24.3 Å². The van der Waals surface area contributed by atoms with Crippen LogP contribution in [-0.2, 0) is 4.74 Å². The zero-order chi connectivity index (χ0) is 20.0. The van der Waals surface area contributed by atoms with Crippen LogP contribution in [0.2, 0.25) is 10.0 Å². The summed E-state index contributed by atoms with van der Waals surface area (Å²) in [7, 11) is 3.07. The molecule has 2 aromatic rings. The number of rotatable bonds is 3. The topological polar surface area (TPSA) is 103 Å². The van der Waals surface area contributed by atoms with Crippen molar-refractivity contribution in [3.63, 3.8) is 0 Å². The van der Waals surface area contributed by atoms with Crippen molar-refractivity contribution >= 4 is 40.3 Å². The van der Waals surface area contributed by atoms with E-state index in [1.165, 1.54) is 19.2 Å². The Morgan fingerprint density at radius 2 is 1.44 bits per heavy atom. The zero-order valence-electron chi connectivity index (χ0n) is 15.2. The normalized spacial score (nSPS) is 13.6. The summed E-state index contributed by atoms with van der Waals surface area (Å²) in [6, 6.07) is 6.42. The molecule has 1 fully saturated rings. The first-order valence-corrected chi connectivity index (χ1v) is 8.90. The van der Waals surface area contributed by atoms with Gasteiger partial charge in [-0.1, -0.05) is 23.2 Å². The van der Waals surface area contributed by atoms with Crippen molar-refractivity contribution < 1.29 is 19.3 Å². The summed E-state index contributed by atoms with van der Waals surface area (Å²) in [5.41, 5.74) is 13.2. The number of hydrogen-bond donors (Lipinski definition) is 3. The third kappa shape index (κ3) is 5.38. The summed E-state index contributed by atoms with van der Waals surface area (Å²) in [5, 5.41) is 10.0. The summed E-state index contributed by atoms with van der Waals surface area (Å²) >= 11 is 11.7. The van der Waals surface area contributed by atoms with Crippen molar-refractivity contribution in [2.75, 3.05) is 56.9 Å². The predicted molar refractivity (Wildman–Crippen MR) is 110 cm³/mol. The lowest BCUT2D eigenvalue weighted by atomic mass is 10.2. The van der Waals surface area contributed by atoms with E-state index in [0.29, 0.717) is 27.2 Å². The lowest BCUT2D eigenvalue weighted by molar-refractivity contribution is 0.122. The summed E-state index contributed by atoms with van der Waals surface area (Å²) in [6.07, 6.45) is 0. The molecule has 0 saturated carbocycles. The van der Waals surface area contributed by atoms with Gasteiger partial charge in [0.15, 0.2) is 0 Å². The number of benzene rings is 2. The predicted octanol–water partition coefficient (Wildman–Crippen LogP) is 3.40. The quantitative estimate of drug-likeness (QED) is 0.521. The Balaban J connectivity index is 0.000000208. The summed E-state index contributed by atoms with van der Waals surface area (Å²) < 4.78 is 15.3. The minimum atomic E-state index is -0.0220. The van der Waals surface area contributed by atoms with Gasteiger partial charge >= 0.3 is 0 Å². The van der Waals surface area contributed by atoms with Crippen LogP contribution in [0.3, 0.4) is 0 Å². The van der Waals surface area contributed by atoms with E-state index in [9.17, 15) is 0 Å². The van der Waals surface area contributed by atoms with Gasteiger partial charge in [-0.3, -0.25) is 0 Å². The molecule has 0 bridgehead atoms. The van der Waals surface area contributed by atoms with Gasteiger partial charge in [-0.05, 0) is 12.1 Å². The minimum absolute atomic E-state index is 0.0220. The molecule has 7 nitrogen and oxygen atoms in total. The molecule has 9 heteroatoms. The Morgan fingerprint density at radius 3 is 2.00 bits per heavy atom. The first-order chi connectivity index (χ1) is 12.9. The van der Waals surface area contributed by atoms with Gasteiger partial charge in [0, 0.05) is 25.2 Å². The summed E-state index contributed by atoms with van der Waals surface area (Å²) in [6.45, 7) is 3.14. The smallest absolute Gasteiger partial charge is 0.142 e. The van der Waals surface area contributed by atoms with E-state index in [4.69, 9.17) is 54.0 Å². The molecule has 0 aromatic heterocycles. The molecular formula is C18H23Cl2N3O4. The van der Waals surface area contributed by atoms with Crippen LogP contribution in [-0.4, -0.2) is 45.6 Å². The van der Waals surface area contributed by atoms with Crippen molar-refractivity contribution in [1.82, 2.24) is 0 Å². The highest BCUT2D eigenvalue weighted by Gasteiger charge is 2.16. The van der Waals surface area contributed by atoms with E-state index in [-0.39, 0.29) is 11.4 Å². The fourth-order valence-electron chi connectivity index (χ4n) is 2.51. The minimum Gasteiger partial charge on any atom is -0.506 e. The van der Waals surface area contributed by atoms with E-state index in [1.807, 2.05) is 6.07 Å². The highest BCUT2D eigenvalue weighted by molar-refractivity contribution is 6.32. The van der Waals surface area contributed by atoms with Crippen LogP contribution in [0.1, 0.15) is 0 Å². The molecule has 0 radical (unpaired) electrons. The van der Waals surface area contributed by atoms with Gasteiger partial charge in [0.05, 0.1) is 54.5 Å². The average molecular weight is 416 g/mol. The van der Waals surface area contributed by atoms with Gasteiger partial charge in [0.25, 0.3) is 0 Å². The second-order valence-corrected chi connectivity index (χ2v) is 6.50. The maximum atomic E-state index is 9.09. The molecule has 27 heavy (non-hydrogen) atoms. The van der Waals surface area contributed by atoms with Gasteiger partial charge in [0.1, 0.15) is 17.2 Å². The van der Waals surface area contributed by atoms with E-state index < -0.39 is 0 Å². The van der Waals surface area contributed by atoms with E-state index in [2.05, 4.69) is 4.90 Å². The molecular weight excluding hydrogens is 393 g/mol. The van der Waals surface area contributed by atoms with Crippen LogP contribution in [0.5, 0.6) is 17.2 Å². The third-order valence-electron chi connectivity index (χ3n) is 3.95. The fourth-order valence-corrected chi connectivity index (χ4v) is 3.01. The number of halogens is 2. The third-order valence-corrected chi connectivity index (χ3v) is 4.54. The Morgan fingerprint density at radius 1 is 0.926 bits per heavy atom. The molecule has 0 unspecified atom stereocenters. The van der Waals surface area contributed by atoms with E-state index >= 15 is 0 Å². The molecule has 148 valence electrons. The second-order valence-electron chi connectivity index (χ2n) is 5.69. The summed E-state index contributed by atoms with van der Waals surface area (Å²) in [5.74, 6) is 1.04. The first-order valence-electron chi connectivity index (χ1n) is 8.15. The summed E-state index contributed by atoms with van der Waals surface area (Å²) in [4.78, 5) is 2.18. The number of nitrogens with two attached hydrogens (primary N) is 2. The van der Waals surface area contributed by atoms with Crippen molar-refractivity contribution in [3.8, 4) is 17.2 Å². The molecule has 1 heterocycles. The lowest BCUT2D eigenvalue weighted by Gasteiger charge is -2.30. The molecule has 5 N–H and O–H groups in total. The molecule has 1 aliphatic rings. The average Bonchev–Trinajstić information content (AvgIpc) is 2.66. The largest absolute Gasteiger partial charge is 0.506 e. The number of phenols is 1. The standard InChI is InChI=1S/C11H15ClN2O2.C7H8ClNO2/c1-15-11-7-10(9(13)6-8(11)12)14-2-4-16-5-3-14;1-11-7-3-6(10)5(9)2-4(7)8/h6-7H,2-5,13H2,1H3;2-3,10H,9H2,1H3. The van der Waals surface area contributed by atoms with Gasteiger partial charge in [-0.15, -0.1) is 0 Å². The van der Waals surface area contributed by atoms with Gasteiger partial charge in [-0.25, -0.2) is 0 Å². The molecule has 0 aliphatic carbocycles. The van der Waals surface area contributed by atoms with E-state index in [1.54, 1.807) is 13.2 Å². The molecule has 1 saturated heterocycles. The molecule has 0 atom stereocenters. The number of morpholine rings is 1. The number of nitrogens with zero attached hydrogens (tertiary/aromatic N) is 1. The van der Waals surface area contributed by atoms with Gasteiger partial charge in [0.2, 0.25) is 0 Å². The van der Waals surface area contributed by atoms with E-state index in [0.717, 1.165) is 32.0 Å². The lowest BCUT2D eigenvalue weighted by Crippen LogP contribution is -2.36. The van der Waals surface area contributed by atoms with Crippen molar-refractivity contribution in [3.05, 3.63) is 34.3 Å². The van der Waals surface area contributed by atoms with Gasteiger partial charge in [-0.2, -0.15) is 0 Å². The number of ether oxygens (including phenoxy) is 3. The van der Waals surface area contributed by atoms with Crippen LogP contribution in [0.4, 0.5) is 17.1 Å². The SMILES string of the molecule is COc1cc(N2CCOCC2)c(N)cc1Cl.COc1cc(O)c(N)cc1Cl. The van der Waals surface area contributed by atoms with Gasteiger partial charge < -0.3 is 35.7 Å². The molecule has 0 spiro atoms. The number of methoxy groups -OCH3 is 2. The fraction of sp³-hybridized carbons (Fsp3) is 0.333. The second kappa shape index (κ2) is 9.64. The number of nitrogen functional groups attached to an aromatic ring is 2. The van der Waals surface area contributed by atoms with Crippen LogP contribution in [0.25, 0.3) is 0 Å². The molecule has 2 aromatic carbocycles. The zero-order valence-corrected chi connectivity index (χ0v) is 16.7.